The molecule has 0 aliphatic heterocycles. The zero-order chi connectivity index (χ0) is 13.0. The number of hydrogen-bond donors (Lipinski definition) is 2. The van der Waals surface area contributed by atoms with Crippen molar-refractivity contribution in [1.29, 1.82) is 0 Å². The molecule has 1 aliphatic carbocycles. The molecule has 1 aromatic rings. The number of carbonyl (C=O) groups is 2. The van der Waals surface area contributed by atoms with Crippen LogP contribution in [0.25, 0.3) is 0 Å². The van der Waals surface area contributed by atoms with Crippen molar-refractivity contribution >= 4 is 24.1 Å². The van der Waals surface area contributed by atoms with E-state index in [2.05, 4.69) is 17.4 Å². The molecule has 0 aromatic heterocycles. The predicted octanol–water partition coefficient (Wildman–Crippen LogP) is 1.26. The first-order valence-electron chi connectivity index (χ1n) is 5.80. The quantitative estimate of drug-likeness (QED) is 0.728. The highest BCUT2D eigenvalue weighted by molar-refractivity contribution is 7.99. The lowest BCUT2D eigenvalue weighted by Gasteiger charge is -2.30. The Morgan fingerprint density at radius 3 is 3.00 bits per heavy atom. The second-order valence-corrected chi connectivity index (χ2v) is 5.39. The first-order chi connectivity index (χ1) is 8.72. The number of rotatable bonds is 7. The van der Waals surface area contributed by atoms with Crippen LogP contribution < -0.4 is 5.32 Å². The smallest absolute Gasteiger partial charge is 0.327 e. The summed E-state index contributed by atoms with van der Waals surface area (Å²) in [5, 5.41) is 11.2. The molecule has 0 saturated heterocycles. The molecule has 4 nitrogen and oxygen atoms in total. The van der Waals surface area contributed by atoms with Crippen LogP contribution in [-0.2, 0) is 16.0 Å². The fourth-order valence-corrected chi connectivity index (χ4v) is 3.30. The number of benzene rings is 1. The van der Waals surface area contributed by atoms with Crippen molar-refractivity contribution in [3.05, 3.63) is 35.4 Å². The van der Waals surface area contributed by atoms with Gasteiger partial charge in [-0.3, -0.25) is 4.79 Å². The molecule has 2 N–H and O–H groups in total. The van der Waals surface area contributed by atoms with Crippen molar-refractivity contribution in [3.63, 3.8) is 0 Å². The third kappa shape index (κ3) is 2.85. The fraction of sp³-hybridized carbons (Fsp3) is 0.385. The summed E-state index contributed by atoms with van der Waals surface area (Å²) in [5.41, 5.74) is 2.77. The van der Waals surface area contributed by atoms with Crippen LogP contribution in [0.1, 0.15) is 17.0 Å². The Labute approximate surface area is 110 Å². The first-order valence-corrected chi connectivity index (χ1v) is 6.96. The van der Waals surface area contributed by atoms with Crippen LogP contribution in [-0.4, -0.2) is 35.0 Å². The van der Waals surface area contributed by atoms with E-state index in [-0.39, 0.29) is 0 Å². The maximum Gasteiger partial charge on any atom is 0.327 e. The van der Waals surface area contributed by atoms with E-state index in [4.69, 9.17) is 5.11 Å². The van der Waals surface area contributed by atoms with E-state index in [1.165, 1.54) is 11.1 Å². The molecule has 5 heteroatoms. The van der Waals surface area contributed by atoms with E-state index < -0.39 is 12.0 Å². The zero-order valence-electron chi connectivity index (χ0n) is 9.83. The number of nitrogens with one attached hydrogen (secondary N) is 1. The van der Waals surface area contributed by atoms with Crippen LogP contribution in [0.3, 0.4) is 0 Å². The Bertz CT molecular complexity index is 450. The van der Waals surface area contributed by atoms with Crippen molar-refractivity contribution in [2.24, 2.45) is 0 Å². The minimum absolute atomic E-state index is 0.409. The topological polar surface area (TPSA) is 66.4 Å². The second-order valence-electron chi connectivity index (χ2n) is 4.31. The van der Waals surface area contributed by atoms with Crippen molar-refractivity contribution in [2.75, 3.05) is 11.5 Å². The van der Waals surface area contributed by atoms with Crippen LogP contribution in [0.5, 0.6) is 0 Å². The number of thioether (sulfide) groups is 1. The van der Waals surface area contributed by atoms with Crippen molar-refractivity contribution in [1.82, 2.24) is 5.32 Å². The maximum absolute atomic E-state index is 10.8. The summed E-state index contributed by atoms with van der Waals surface area (Å²) in [6, 6.07) is 7.54. The Hall–Kier alpha value is -1.49. The van der Waals surface area contributed by atoms with E-state index in [1.54, 1.807) is 11.8 Å². The van der Waals surface area contributed by atoms with E-state index in [0.717, 1.165) is 12.2 Å². The van der Waals surface area contributed by atoms with E-state index in [1.807, 2.05) is 12.1 Å². The average molecular weight is 265 g/mol. The van der Waals surface area contributed by atoms with Gasteiger partial charge in [-0.05, 0) is 23.5 Å². The summed E-state index contributed by atoms with van der Waals surface area (Å²) in [5.74, 6) is 0.856. The summed E-state index contributed by atoms with van der Waals surface area (Å²) in [4.78, 5) is 21.1. The summed E-state index contributed by atoms with van der Waals surface area (Å²) >= 11 is 1.57. The Morgan fingerprint density at radius 2 is 2.33 bits per heavy atom. The van der Waals surface area contributed by atoms with Gasteiger partial charge < -0.3 is 10.4 Å². The lowest BCUT2D eigenvalue weighted by Crippen LogP contribution is -2.38. The molecule has 18 heavy (non-hydrogen) atoms. The summed E-state index contributed by atoms with van der Waals surface area (Å²) in [6.45, 7) is 0. The minimum atomic E-state index is -0.983. The Balaban J connectivity index is 1.77. The van der Waals surface area contributed by atoms with Gasteiger partial charge in [-0.25, -0.2) is 4.79 Å². The van der Waals surface area contributed by atoms with Gasteiger partial charge in [0.15, 0.2) is 0 Å². The van der Waals surface area contributed by atoms with Gasteiger partial charge in [0, 0.05) is 11.5 Å². The standard InChI is InChI=1S/C13H15NO3S/c15-8-14-12(13(16)17)7-18-6-10-5-9-3-1-2-4-11(9)10/h1-4,8,10,12H,5-7H2,(H,14,15)(H,16,17). The highest BCUT2D eigenvalue weighted by atomic mass is 32.2. The molecule has 0 radical (unpaired) electrons. The lowest BCUT2D eigenvalue weighted by molar-refractivity contribution is -0.139. The van der Waals surface area contributed by atoms with Crippen molar-refractivity contribution < 1.29 is 14.7 Å². The van der Waals surface area contributed by atoms with E-state index in [0.29, 0.717) is 18.1 Å². The number of carboxylic acid groups (broad SMARTS) is 1. The molecule has 2 unspecified atom stereocenters. The number of hydrogen-bond acceptors (Lipinski definition) is 3. The monoisotopic (exact) mass is 265 g/mol. The Morgan fingerprint density at radius 1 is 1.56 bits per heavy atom. The predicted molar refractivity (Wildman–Crippen MR) is 70.8 cm³/mol. The molecule has 0 saturated carbocycles. The van der Waals surface area contributed by atoms with Crippen LogP contribution in [0.4, 0.5) is 0 Å². The number of aliphatic carboxylic acids is 1. The van der Waals surface area contributed by atoms with Gasteiger partial charge >= 0.3 is 5.97 Å². The number of carboxylic acids is 1. The molecule has 2 atom stereocenters. The minimum Gasteiger partial charge on any atom is -0.480 e. The molecule has 0 bridgehead atoms. The molecule has 2 rings (SSSR count). The maximum atomic E-state index is 10.8. The van der Waals surface area contributed by atoms with Gasteiger partial charge in [-0.2, -0.15) is 11.8 Å². The van der Waals surface area contributed by atoms with Crippen LogP contribution in [0.2, 0.25) is 0 Å². The van der Waals surface area contributed by atoms with Gasteiger partial charge in [0.2, 0.25) is 6.41 Å². The number of amides is 1. The largest absolute Gasteiger partial charge is 0.480 e. The van der Waals surface area contributed by atoms with Gasteiger partial charge in [0.05, 0.1) is 0 Å². The molecule has 0 fully saturated rings. The molecule has 96 valence electrons. The second kappa shape index (κ2) is 5.91. The van der Waals surface area contributed by atoms with Crippen LogP contribution in [0.15, 0.2) is 24.3 Å². The molecule has 1 amide bonds. The van der Waals surface area contributed by atoms with Gasteiger partial charge in [0.1, 0.15) is 6.04 Å². The van der Waals surface area contributed by atoms with Crippen LogP contribution >= 0.6 is 11.8 Å². The molecule has 0 heterocycles. The van der Waals surface area contributed by atoms with Gasteiger partial charge in [0.25, 0.3) is 0 Å². The third-order valence-electron chi connectivity index (χ3n) is 3.13. The van der Waals surface area contributed by atoms with E-state index in [9.17, 15) is 9.59 Å². The van der Waals surface area contributed by atoms with Gasteiger partial charge in [-0.1, -0.05) is 24.3 Å². The van der Waals surface area contributed by atoms with Gasteiger partial charge in [-0.15, -0.1) is 0 Å². The molecular weight excluding hydrogens is 250 g/mol. The normalized spacial score (nSPS) is 18.3. The average Bonchev–Trinajstić information content (AvgIpc) is 2.33. The highest BCUT2D eigenvalue weighted by Crippen LogP contribution is 2.36. The molecule has 0 spiro atoms. The fourth-order valence-electron chi connectivity index (χ4n) is 2.11. The summed E-state index contributed by atoms with van der Waals surface area (Å²) in [7, 11) is 0. The molecule has 1 aliphatic rings. The van der Waals surface area contributed by atoms with Crippen LogP contribution in [0, 0.1) is 0 Å². The third-order valence-corrected chi connectivity index (χ3v) is 4.34. The highest BCUT2D eigenvalue weighted by Gasteiger charge is 2.26. The number of fused-ring (bicyclic) bond motifs is 1. The molecule has 1 aromatic carbocycles. The van der Waals surface area contributed by atoms with E-state index >= 15 is 0 Å². The molecular formula is C13H15NO3S. The Kier molecular flexibility index (Phi) is 4.25. The van der Waals surface area contributed by atoms with Crippen molar-refractivity contribution in [3.8, 4) is 0 Å². The zero-order valence-corrected chi connectivity index (χ0v) is 10.7. The van der Waals surface area contributed by atoms with Crippen molar-refractivity contribution in [2.45, 2.75) is 18.4 Å². The number of carbonyl (C=O) groups excluding carboxylic acids is 1. The SMILES string of the molecule is O=CNC(CSCC1Cc2ccccc21)C(=O)O. The lowest BCUT2D eigenvalue weighted by atomic mass is 9.79. The summed E-state index contributed by atoms with van der Waals surface area (Å²) < 4.78 is 0. The summed E-state index contributed by atoms with van der Waals surface area (Å²) in [6.07, 6.45) is 1.51. The first kappa shape index (κ1) is 13.0.